The highest BCUT2D eigenvalue weighted by Gasteiger charge is 2.23. The van der Waals surface area contributed by atoms with Crippen molar-refractivity contribution in [3.8, 4) is 0 Å². The lowest BCUT2D eigenvalue weighted by Gasteiger charge is -2.34. The first-order valence-corrected chi connectivity index (χ1v) is 8.19. The number of benzene rings is 1. The van der Waals surface area contributed by atoms with E-state index in [4.69, 9.17) is 0 Å². The van der Waals surface area contributed by atoms with Crippen LogP contribution in [-0.4, -0.2) is 55.3 Å². The normalized spacial score (nSPS) is 21.7. The average molecular weight is 317 g/mol. The van der Waals surface area contributed by atoms with Crippen LogP contribution in [0.15, 0.2) is 24.3 Å². The molecular weight excluding hydrogens is 290 g/mol. The first-order valence-electron chi connectivity index (χ1n) is 8.19. The summed E-state index contributed by atoms with van der Waals surface area (Å²) in [6.07, 6.45) is 1.24. The minimum atomic E-state index is -0.0424. The van der Waals surface area contributed by atoms with E-state index in [-0.39, 0.29) is 11.8 Å². The number of nitrogens with one attached hydrogen (secondary N) is 1. The van der Waals surface area contributed by atoms with Gasteiger partial charge in [-0.3, -0.25) is 14.5 Å². The lowest BCUT2D eigenvalue weighted by Crippen LogP contribution is -2.42. The molecular formula is C18H27N3O2. The van der Waals surface area contributed by atoms with E-state index < -0.39 is 0 Å². The zero-order valence-electron chi connectivity index (χ0n) is 14.5. The number of nitrogens with zero attached hydrogens (tertiary/aromatic N) is 2. The number of rotatable bonds is 4. The van der Waals surface area contributed by atoms with Crippen molar-refractivity contribution in [3.63, 3.8) is 0 Å². The Balaban J connectivity index is 1.89. The number of likely N-dealkylation sites (tertiary alicyclic amines) is 1. The summed E-state index contributed by atoms with van der Waals surface area (Å²) in [5, 5.41) is 2.91. The predicted octanol–water partition coefficient (Wildman–Crippen LogP) is 2.30. The van der Waals surface area contributed by atoms with Gasteiger partial charge in [0.2, 0.25) is 5.91 Å². The van der Waals surface area contributed by atoms with Gasteiger partial charge in [-0.25, -0.2) is 0 Å². The zero-order valence-corrected chi connectivity index (χ0v) is 14.5. The number of piperidine rings is 1. The summed E-state index contributed by atoms with van der Waals surface area (Å²) in [5.41, 5.74) is 1.34. The molecule has 0 aromatic heterocycles. The van der Waals surface area contributed by atoms with Crippen LogP contribution in [0.2, 0.25) is 0 Å². The Hall–Kier alpha value is -1.88. The monoisotopic (exact) mass is 317 g/mol. The maximum absolute atomic E-state index is 12.2. The third-order valence-electron chi connectivity index (χ3n) is 4.13. The van der Waals surface area contributed by atoms with Gasteiger partial charge in [-0.15, -0.1) is 0 Å². The fraction of sp³-hybridized carbons (Fsp3) is 0.556. The first-order chi connectivity index (χ1) is 10.8. The lowest BCUT2D eigenvalue weighted by atomic mass is 9.92. The lowest BCUT2D eigenvalue weighted by molar-refractivity contribution is -0.117. The molecule has 23 heavy (non-hydrogen) atoms. The van der Waals surface area contributed by atoms with E-state index in [2.05, 4.69) is 24.1 Å². The van der Waals surface area contributed by atoms with Gasteiger partial charge in [0.25, 0.3) is 5.91 Å². The number of hydrogen-bond donors (Lipinski definition) is 1. The summed E-state index contributed by atoms with van der Waals surface area (Å²) in [5.74, 6) is 1.24. The Morgan fingerprint density at radius 1 is 1.13 bits per heavy atom. The smallest absolute Gasteiger partial charge is 0.253 e. The second-order valence-electron chi connectivity index (χ2n) is 6.97. The molecule has 5 heteroatoms. The highest BCUT2D eigenvalue weighted by Crippen LogP contribution is 2.20. The maximum atomic E-state index is 12.2. The van der Waals surface area contributed by atoms with E-state index in [9.17, 15) is 9.59 Å². The fourth-order valence-electron chi connectivity index (χ4n) is 3.28. The van der Waals surface area contributed by atoms with Crippen LogP contribution < -0.4 is 5.32 Å². The topological polar surface area (TPSA) is 52.7 Å². The third kappa shape index (κ3) is 5.06. The van der Waals surface area contributed by atoms with Crippen molar-refractivity contribution in [2.24, 2.45) is 11.8 Å². The van der Waals surface area contributed by atoms with Gasteiger partial charge in [0, 0.05) is 38.4 Å². The average Bonchev–Trinajstić information content (AvgIpc) is 2.45. The van der Waals surface area contributed by atoms with Crippen LogP contribution in [0.3, 0.4) is 0 Å². The van der Waals surface area contributed by atoms with Crippen molar-refractivity contribution in [1.29, 1.82) is 0 Å². The van der Waals surface area contributed by atoms with Crippen LogP contribution in [0.1, 0.15) is 30.6 Å². The van der Waals surface area contributed by atoms with Gasteiger partial charge in [0.05, 0.1) is 6.54 Å². The molecule has 1 aliphatic heterocycles. The molecule has 5 nitrogen and oxygen atoms in total. The molecule has 0 spiro atoms. The van der Waals surface area contributed by atoms with Gasteiger partial charge < -0.3 is 10.2 Å². The quantitative estimate of drug-likeness (QED) is 0.927. The van der Waals surface area contributed by atoms with Crippen molar-refractivity contribution >= 4 is 17.5 Å². The molecule has 0 unspecified atom stereocenters. The summed E-state index contributed by atoms with van der Waals surface area (Å²) in [4.78, 5) is 27.8. The van der Waals surface area contributed by atoms with Crippen LogP contribution in [0.5, 0.6) is 0 Å². The number of amides is 2. The SMILES string of the molecule is C[C@@H]1C[C@H](C)CN(CC(=O)Nc2ccc(C(=O)N(C)C)cc2)C1. The molecule has 0 aliphatic carbocycles. The molecule has 2 amide bonds. The standard InChI is InChI=1S/C18H27N3O2/c1-13-9-14(2)11-21(10-13)12-17(22)19-16-7-5-15(6-8-16)18(23)20(3)4/h5-8,13-14H,9-12H2,1-4H3,(H,19,22)/t13-,14+. The second-order valence-corrected chi connectivity index (χ2v) is 6.97. The van der Waals surface area contributed by atoms with Crippen molar-refractivity contribution in [2.75, 3.05) is 39.0 Å². The van der Waals surface area contributed by atoms with Crippen molar-refractivity contribution < 1.29 is 9.59 Å². The Kier molecular flexibility index (Phi) is 5.77. The largest absolute Gasteiger partial charge is 0.345 e. The van der Waals surface area contributed by atoms with E-state index in [1.807, 2.05) is 0 Å². The van der Waals surface area contributed by atoms with E-state index in [1.165, 1.54) is 11.3 Å². The number of carbonyl (C=O) groups is 2. The molecule has 1 aromatic rings. The molecule has 1 aliphatic rings. The fourth-order valence-corrected chi connectivity index (χ4v) is 3.28. The maximum Gasteiger partial charge on any atom is 0.253 e. The van der Waals surface area contributed by atoms with Crippen LogP contribution in [-0.2, 0) is 4.79 Å². The van der Waals surface area contributed by atoms with Gasteiger partial charge in [0.15, 0.2) is 0 Å². The minimum absolute atomic E-state index is 0.00186. The van der Waals surface area contributed by atoms with Gasteiger partial charge in [-0.1, -0.05) is 13.8 Å². The molecule has 0 saturated carbocycles. The molecule has 1 saturated heterocycles. The Labute approximate surface area is 138 Å². The predicted molar refractivity (Wildman–Crippen MR) is 92.5 cm³/mol. The Morgan fingerprint density at radius 3 is 2.22 bits per heavy atom. The second kappa shape index (κ2) is 7.59. The highest BCUT2D eigenvalue weighted by molar-refractivity contribution is 5.96. The molecule has 0 radical (unpaired) electrons. The van der Waals surface area contributed by atoms with Crippen LogP contribution in [0.25, 0.3) is 0 Å². The van der Waals surface area contributed by atoms with Crippen LogP contribution in [0, 0.1) is 11.8 Å². The van der Waals surface area contributed by atoms with Gasteiger partial charge in [-0.2, -0.15) is 0 Å². The molecule has 1 fully saturated rings. The third-order valence-corrected chi connectivity index (χ3v) is 4.13. The molecule has 1 N–H and O–H groups in total. The van der Waals surface area contributed by atoms with Crippen LogP contribution >= 0.6 is 0 Å². The van der Waals surface area contributed by atoms with E-state index in [1.54, 1.807) is 38.4 Å². The first kappa shape index (κ1) is 17.5. The Bertz CT molecular complexity index is 544. The molecule has 1 heterocycles. The number of anilines is 1. The number of carbonyl (C=O) groups excluding carboxylic acids is 2. The summed E-state index contributed by atoms with van der Waals surface area (Å²) in [6, 6.07) is 7.03. The van der Waals surface area contributed by atoms with E-state index in [0.29, 0.717) is 23.9 Å². The molecule has 2 rings (SSSR count). The summed E-state index contributed by atoms with van der Waals surface area (Å²) in [6.45, 7) is 6.86. The number of hydrogen-bond acceptors (Lipinski definition) is 3. The Morgan fingerprint density at radius 2 is 1.70 bits per heavy atom. The van der Waals surface area contributed by atoms with Crippen LogP contribution in [0.4, 0.5) is 5.69 Å². The highest BCUT2D eigenvalue weighted by atomic mass is 16.2. The van der Waals surface area contributed by atoms with Crippen molar-refractivity contribution in [3.05, 3.63) is 29.8 Å². The van der Waals surface area contributed by atoms with E-state index >= 15 is 0 Å². The van der Waals surface area contributed by atoms with Gasteiger partial charge >= 0.3 is 0 Å². The summed E-state index contributed by atoms with van der Waals surface area (Å²) >= 11 is 0. The molecule has 2 atom stereocenters. The van der Waals surface area contributed by atoms with Crippen molar-refractivity contribution in [2.45, 2.75) is 20.3 Å². The summed E-state index contributed by atoms with van der Waals surface area (Å²) < 4.78 is 0. The van der Waals surface area contributed by atoms with Gasteiger partial charge in [-0.05, 0) is 42.5 Å². The summed E-state index contributed by atoms with van der Waals surface area (Å²) in [7, 11) is 3.44. The molecule has 126 valence electrons. The van der Waals surface area contributed by atoms with Gasteiger partial charge in [0.1, 0.15) is 0 Å². The van der Waals surface area contributed by atoms with Crippen molar-refractivity contribution in [1.82, 2.24) is 9.80 Å². The molecule has 0 bridgehead atoms. The zero-order chi connectivity index (χ0) is 17.0. The minimum Gasteiger partial charge on any atom is -0.345 e. The van der Waals surface area contributed by atoms with E-state index in [0.717, 1.165) is 18.8 Å². The molecule has 1 aromatic carbocycles.